The molecule has 72 valence electrons. The van der Waals surface area contributed by atoms with Gasteiger partial charge in [0.15, 0.2) is 0 Å². The van der Waals surface area contributed by atoms with Crippen LogP contribution in [0.3, 0.4) is 0 Å². The summed E-state index contributed by atoms with van der Waals surface area (Å²) in [7, 11) is 0. The topological polar surface area (TPSA) is 38.0 Å². The van der Waals surface area contributed by atoms with E-state index in [2.05, 4.69) is 25.2 Å². The zero-order valence-corrected chi connectivity index (χ0v) is 8.38. The molecule has 0 amide bonds. The highest BCUT2D eigenvalue weighted by molar-refractivity contribution is 5.54. The molecule has 2 nitrogen and oxygen atoms in total. The molecule has 0 radical (unpaired) electrons. The Morgan fingerprint density at radius 2 is 2.00 bits per heavy atom. The van der Waals surface area contributed by atoms with Crippen LogP contribution in [0, 0.1) is 0 Å². The van der Waals surface area contributed by atoms with Gasteiger partial charge in [0.25, 0.3) is 0 Å². The Hall–Kier alpha value is -1.18. The summed E-state index contributed by atoms with van der Waals surface area (Å²) < 4.78 is 0. The van der Waals surface area contributed by atoms with Crippen LogP contribution in [0.2, 0.25) is 0 Å². The van der Waals surface area contributed by atoms with Gasteiger partial charge in [-0.3, -0.25) is 0 Å². The SMILES string of the molecule is CCC(CC)Nc1cccc(N)c1. The Balaban J connectivity index is 2.62. The lowest BCUT2D eigenvalue weighted by Gasteiger charge is -2.16. The lowest BCUT2D eigenvalue weighted by Crippen LogP contribution is -2.16. The van der Waals surface area contributed by atoms with E-state index in [4.69, 9.17) is 5.73 Å². The highest BCUT2D eigenvalue weighted by atomic mass is 14.9. The molecule has 0 aromatic heterocycles. The van der Waals surface area contributed by atoms with Crippen LogP contribution in [0.15, 0.2) is 24.3 Å². The molecular formula is C11H18N2. The molecule has 1 aromatic carbocycles. The summed E-state index contributed by atoms with van der Waals surface area (Å²) in [4.78, 5) is 0. The van der Waals surface area contributed by atoms with Crippen molar-refractivity contribution in [2.24, 2.45) is 0 Å². The van der Waals surface area contributed by atoms with Gasteiger partial charge in [-0.2, -0.15) is 0 Å². The number of nitrogens with two attached hydrogens (primary N) is 1. The molecule has 1 rings (SSSR count). The molecule has 0 spiro atoms. The van der Waals surface area contributed by atoms with Crippen LogP contribution >= 0.6 is 0 Å². The van der Waals surface area contributed by atoms with Crippen LogP contribution < -0.4 is 11.1 Å². The maximum Gasteiger partial charge on any atom is 0.0362 e. The number of anilines is 2. The van der Waals surface area contributed by atoms with Crippen molar-refractivity contribution in [1.29, 1.82) is 0 Å². The zero-order valence-electron chi connectivity index (χ0n) is 8.38. The second kappa shape index (κ2) is 4.75. The average Bonchev–Trinajstić information content (AvgIpc) is 2.14. The van der Waals surface area contributed by atoms with Crippen molar-refractivity contribution in [2.75, 3.05) is 11.1 Å². The van der Waals surface area contributed by atoms with Crippen LogP contribution in [0.5, 0.6) is 0 Å². The fraction of sp³-hybridized carbons (Fsp3) is 0.455. The fourth-order valence-corrected chi connectivity index (χ4v) is 1.36. The maximum atomic E-state index is 5.68. The normalized spacial score (nSPS) is 10.4. The van der Waals surface area contributed by atoms with Crippen molar-refractivity contribution in [3.05, 3.63) is 24.3 Å². The van der Waals surface area contributed by atoms with E-state index < -0.39 is 0 Å². The summed E-state index contributed by atoms with van der Waals surface area (Å²) in [5, 5.41) is 3.44. The molecule has 0 saturated heterocycles. The van der Waals surface area contributed by atoms with Crippen LogP contribution in [0.1, 0.15) is 26.7 Å². The van der Waals surface area contributed by atoms with Crippen LogP contribution in [0.4, 0.5) is 11.4 Å². The van der Waals surface area contributed by atoms with E-state index in [1.54, 1.807) is 0 Å². The summed E-state index contributed by atoms with van der Waals surface area (Å²) in [6.45, 7) is 4.38. The van der Waals surface area contributed by atoms with Gasteiger partial charge >= 0.3 is 0 Å². The van der Waals surface area contributed by atoms with E-state index in [0.29, 0.717) is 6.04 Å². The van der Waals surface area contributed by atoms with Crippen LogP contribution in [0.25, 0.3) is 0 Å². The quantitative estimate of drug-likeness (QED) is 0.696. The lowest BCUT2D eigenvalue weighted by molar-refractivity contribution is 0.672. The smallest absolute Gasteiger partial charge is 0.0362 e. The molecule has 0 aliphatic heterocycles. The first kappa shape index (κ1) is 9.90. The summed E-state index contributed by atoms with van der Waals surface area (Å²) >= 11 is 0. The fourth-order valence-electron chi connectivity index (χ4n) is 1.36. The monoisotopic (exact) mass is 178 g/mol. The highest BCUT2D eigenvalue weighted by Gasteiger charge is 2.01. The molecule has 0 heterocycles. The Morgan fingerprint density at radius 1 is 1.31 bits per heavy atom. The molecule has 2 heteroatoms. The molecular weight excluding hydrogens is 160 g/mol. The number of rotatable bonds is 4. The summed E-state index contributed by atoms with van der Waals surface area (Å²) in [5.74, 6) is 0. The molecule has 0 aliphatic rings. The van der Waals surface area contributed by atoms with Crippen molar-refractivity contribution in [3.8, 4) is 0 Å². The number of nitrogen functional groups attached to an aromatic ring is 1. The number of benzene rings is 1. The average molecular weight is 178 g/mol. The minimum Gasteiger partial charge on any atom is -0.399 e. The number of hydrogen-bond donors (Lipinski definition) is 2. The molecule has 1 aromatic rings. The third-order valence-electron chi connectivity index (χ3n) is 2.24. The van der Waals surface area contributed by atoms with Gasteiger partial charge in [0.1, 0.15) is 0 Å². The summed E-state index contributed by atoms with van der Waals surface area (Å²) in [5.41, 5.74) is 7.61. The Bertz CT molecular complexity index is 254. The Kier molecular flexibility index (Phi) is 3.62. The summed E-state index contributed by atoms with van der Waals surface area (Å²) in [6.07, 6.45) is 2.29. The van der Waals surface area contributed by atoms with Crippen molar-refractivity contribution in [3.63, 3.8) is 0 Å². The van der Waals surface area contributed by atoms with E-state index in [-0.39, 0.29) is 0 Å². The molecule has 3 N–H and O–H groups in total. The first-order valence-corrected chi connectivity index (χ1v) is 4.88. The lowest BCUT2D eigenvalue weighted by atomic mass is 10.1. The molecule has 0 aliphatic carbocycles. The van der Waals surface area contributed by atoms with E-state index in [1.807, 2.05) is 18.2 Å². The minimum absolute atomic E-state index is 0.557. The largest absolute Gasteiger partial charge is 0.399 e. The molecule has 0 fully saturated rings. The molecule has 0 atom stereocenters. The van der Waals surface area contributed by atoms with Crippen LogP contribution in [-0.4, -0.2) is 6.04 Å². The van der Waals surface area contributed by atoms with Gasteiger partial charge in [-0.15, -0.1) is 0 Å². The first-order chi connectivity index (χ1) is 6.26. The second-order valence-electron chi connectivity index (χ2n) is 3.28. The Labute approximate surface area is 80.1 Å². The van der Waals surface area contributed by atoms with E-state index >= 15 is 0 Å². The van der Waals surface area contributed by atoms with Gasteiger partial charge in [-0.1, -0.05) is 19.9 Å². The summed E-state index contributed by atoms with van der Waals surface area (Å²) in [6, 6.07) is 8.45. The van der Waals surface area contributed by atoms with Gasteiger partial charge in [-0.25, -0.2) is 0 Å². The molecule has 0 saturated carbocycles. The van der Waals surface area contributed by atoms with Gasteiger partial charge in [0, 0.05) is 17.4 Å². The van der Waals surface area contributed by atoms with E-state index in [9.17, 15) is 0 Å². The number of hydrogen-bond acceptors (Lipinski definition) is 2. The standard InChI is InChI=1S/C11H18N2/c1-3-10(4-2)13-11-7-5-6-9(12)8-11/h5-8,10,13H,3-4,12H2,1-2H3. The van der Waals surface area contributed by atoms with Gasteiger partial charge in [0.05, 0.1) is 0 Å². The van der Waals surface area contributed by atoms with Crippen LogP contribution in [-0.2, 0) is 0 Å². The van der Waals surface area contributed by atoms with Gasteiger partial charge in [-0.05, 0) is 31.0 Å². The predicted molar refractivity (Wildman–Crippen MR) is 58.8 cm³/mol. The second-order valence-corrected chi connectivity index (χ2v) is 3.28. The van der Waals surface area contributed by atoms with E-state index in [0.717, 1.165) is 24.2 Å². The van der Waals surface area contributed by atoms with E-state index in [1.165, 1.54) is 0 Å². The Morgan fingerprint density at radius 3 is 2.54 bits per heavy atom. The van der Waals surface area contributed by atoms with Crippen molar-refractivity contribution in [2.45, 2.75) is 32.7 Å². The molecule has 13 heavy (non-hydrogen) atoms. The minimum atomic E-state index is 0.557. The predicted octanol–water partition coefficient (Wildman–Crippen LogP) is 2.87. The first-order valence-electron chi connectivity index (χ1n) is 4.88. The maximum absolute atomic E-state index is 5.68. The highest BCUT2D eigenvalue weighted by Crippen LogP contribution is 2.14. The third-order valence-corrected chi connectivity index (χ3v) is 2.24. The molecule has 0 bridgehead atoms. The van der Waals surface area contributed by atoms with Crippen molar-refractivity contribution in [1.82, 2.24) is 0 Å². The van der Waals surface area contributed by atoms with Gasteiger partial charge in [0.2, 0.25) is 0 Å². The number of nitrogens with one attached hydrogen (secondary N) is 1. The third kappa shape index (κ3) is 2.98. The van der Waals surface area contributed by atoms with Crippen molar-refractivity contribution < 1.29 is 0 Å². The molecule has 0 unspecified atom stereocenters. The van der Waals surface area contributed by atoms with Crippen molar-refractivity contribution >= 4 is 11.4 Å². The van der Waals surface area contributed by atoms with Gasteiger partial charge < -0.3 is 11.1 Å². The zero-order chi connectivity index (χ0) is 9.68.